The molecule has 1 heterocycles. The van der Waals surface area contributed by atoms with E-state index in [0.29, 0.717) is 10.8 Å². The van der Waals surface area contributed by atoms with E-state index < -0.39 is 5.66 Å². The third-order valence-electron chi connectivity index (χ3n) is 3.63. The normalized spacial score (nSPS) is 20.3. The van der Waals surface area contributed by atoms with Crippen LogP contribution in [-0.2, 0) is 5.66 Å². The average molecular weight is 329 g/mol. The number of methoxy groups -OCH3 is 1. The molecule has 0 saturated carbocycles. The van der Waals surface area contributed by atoms with Gasteiger partial charge >= 0.3 is 0 Å². The van der Waals surface area contributed by atoms with E-state index >= 15 is 0 Å². The molecule has 0 bridgehead atoms. The van der Waals surface area contributed by atoms with Gasteiger partial charge in [-0.1, -0.05) is 48.0 Å². The Labute approximate surface area is 139 Å². The summed E-state index contributed by atoms with van der Waals surface area (Å²) in [5, 5.41) is 3.56. The summed E-state index contributed by atoms with van der Waals surface area (Å²) in [6.07, 6.45) is 1.83. The quantitative estimate of drug-likeness (QED) is 0.807. The largest absolute Gasteiger partial charge is 0.495 e. The fourth-order valence-electron chi connectivity index (χ4n) is 2.48. The molecule has 2 aromatic rings. The third kappa shape index (κ3) is 3.02. The van der Waals surface area contributed by atoms with Gasteiger partial charge in [0.1, 0.15) is 5.75 Å². The number of hydrogen-bond donors (Lipinski definition) is 3. The van der Waals surface area contributed by atoms with Crippen LogP contribution in [0.15, 0.2) is 59.6 Å². The van der Waals surface area contributed by atoms with Crippen molar-refractivity contribution in [1.29, 1.82) is 0 Å². The van der Waals surface area contributed by atoms with E-state index in [1.807, 2.05) is 42.5 Å². The Morgan fingerprint density at radius 3 is 2.61 bits per heavy atom. The molecule has 23 heavy (non-hydrogen) atoms. The number of aliphatic imine (C=N–C) groups is 1. The summed E-state index contributed by atoms with van der Waals surface area (Å²) in [6.45, 7) is 0. The van der Waals surface area contributed by atoms with E-state index in [-0.39, 0.29) is 5.96 Å². The third-order valence-corrected chi connectivity index (χ3v) is 3.94. The standard InChI is InChI=1S/C17H17ClN4O/c1-23-15-9-12(7-8-13(15)18)17(20)10-14(21-16(19)22-17)11-5-3-2-4-6-11/h2-10H,20H2,1H3,(H3,19,21,22). The lowest BCUT2D eigenvalue weighted by atomic mass is 9.96. The molecular weight excluding hydrogens is 312 g/mol. The first-order valence-corrected chi connectivity index (χ1v) is 7.43. The Balaban J connectivity index is 2.08. The van der Waals surface area contributed by atoms with Crippen molar-refractivity contribution in [3.05, 3.63) is 70.8 Å². The number of nitrogens with two attached hydrogens (primary N) is 2. The summed E-state index contributed by atoms with van der Waals surface area (Å²) in [5.41, 5.74) is 13.8. The highest BCUT2D eigenvalue weighted by Crippen LogP contribution is 2.33. The van der Waals surface area contributed by atoms with Crippen LogP contribution in [-0.4, -0.2) is 13.1 Å². The predicted molar refractivity (Wildman–Crippen MR) is 93.0 cm³/mol. The summed E-state index contributed by atoms with van der Waals surface area (Å²) in [5.74, 6) is 0.790. The molecule has 1 aliphatic heterocycles. The highest BCUT2D eigenvalue weighted by molar-refractivity contribution is 6.32. The summed E-state index contributed by atoms with van der Waals surface area (Å²) in [4.78, 5) is 4.35. The van der Waals surface area contributed by atoms with Crippen LogP contribution in [0.2, 0.25) is 5.02 Å². The zero-order chi connectivity index (χ0) is 16.4. The van der Waals surface area contributed by atoms with Gasteiger partial charge in [-0.15, -0.1) is 0 Å². The van der Waals surface area contributed by atoms with Crippen molar-refractivity contribution in [3.8, 4) is 5.75 Å². The molecule has 6 heteroatoms. The molecule has 5 N–H and O–H groups in total. The number of nitrogens with one attached hydrogen (secondary N) is 1. The smallest absolute Gasteiger partial charge is 0.195 e. The first-order valence-electron chi connectivity index (χ1n) is 7.05. The zero-order valence-electron chi connectivity index (χ0n) is 12.6. The fourth-order valence-corrected chi connectivity index (χ4v) is 2.68. The Morgan fingerprint density at radius 2 is 1.91 bits per heavy atom. The van der Waals surface area contributed by atoms with Gasteiger partial charge in [-0.25, -0.2) is 4.99 Å². The molecule has 1 atom stereocenters. The number of halogens is 1. The van der Waals surface area contributed by atoms with Crippen LogP contribution in [0.3, 0.4) is 0 Å². The molecule has 1 aliphatic rings. The SMILES string of the molecule is COc1cc(C2(N)C=C(c3ccccc3)NC(N)=N2)ccc1Cl. The minimum Gasteiger partial charge on any atom is -0.495 e. The van der Waals surface area contributed by atoms with Crippen LogP contribution >= 0.6 is 11.6 Å². The topological polar surface area (TPSA) is 85.7 Å². The van der Waals surface area contributed by atoms with Crippen molar-refractivity contribution < 1.29 is 4.74 Å². The summed E-state index contributed by atoms with van der Waals surface area (Å²) >= 11 is 6.08. The fraction of sp³-hybridized carbons (Fsp3) is 0.118. The molecule has 1 unspecified atom stereocenters. The Kier molecular flexibility index (Phi) is 3.98. The van der Waals surface area contributed by atoms with Crippen molar-refractivity contribution in [1.82, 2.24) is 5.32 Å². The second-order valence-electron chi connectivity index (χ2n) is 5.22. The van der Waals surface area contributed by atoms with E-state index in [0.717, 1.165) is 16.8 Å². The highest BCUT2D eigenvalue weighted by atomic mass is 35.5. The van der Waals surface area contributed by atoms with Crippen molar-refractivity contribution >= 4 is 23.3 Å². The van der Waals surface area contributed by atoms with Gasteiger partial charge in [0.2, 0.25) is 0 Å². The van der Waals surface area contributed by atoms with Gasteiger partial charge in [0.05, 0.1) is 12.1 Å². The Morgan fingerprint density at radius 1 is 1.17 bits per heavy atom. The lowest BCUT2D eigenvalue weighted by Gasteiger charge is -2.29. The minimum atomic E-state index is -1.10. The Bertz CT molecular complexity index is 788. The number of hydrogen-bond acceptors (Lipinski definition) is 5. The Hall–Kier alpha value is -2.50. The summed E-state index contributed by atoms with van der Waals surface area (Å²) < 4.78 is 5.26. The molecule has 0 radical (unpaired) electrons. The highest BCUT2D eigenvalue weighted by Gasteiger charge is 2.30. The predicted octanol–water partition coefficient (Wildman–Crippen LogP) is 2.42. The maximum atomic E-state index is 6.49. The minimum absolute atomic E-state index is 0.253. The number of benzene rings is 2. The van der Waals surface area contributed by atoms with E-state index in [1.54, 1.807) is 19.2 Å². The van der Waals surface area contributed by atoms with Gasteiger partial charge in [-0.2, -0.15) is 0 Å². The van der Waals surface area contributed by atoms with Crippen LogP contribution in [0.1, 0.15) is 11.1 Å². The van der Waals surface area contributed by atoms with Gasteiger partial charge in [-0.3, -0.25) is 5.73 Å². The molecule has 0 amide bonds. The molecular formula is C17H17ClN4O. The van der Waals surface area contributed by atoms with Crippen LogP contribution in [0.4, 0.5) is 0 Å². The molecule has 118 valence electrons. The van der Waals surface area contributed by atoms with Gasteiger partial charge < -0.3 is 15.8 Å². The lowest BCUT2D eigenvalue weighted by Crippen LogP contribution is -2.44. The zero-order valence-corrected chi connectivity index (χ0v) is 13.3. The maximum Gasteiger partial charge on any atom is 0.195 e. The molecule has 2 aromatic carbocycles. The van der Waals surface area contributed by atoms with Gasteiger partial charge in [0.15, 0.2) is 11.6 Å². The van der Waals surface area contributed by atoms with Crippen molar-refractivity contribution in [2.75, 3.05) is 7.11 Å². The molecule has 0 fully saturated rings. The van der Waals surface area contributed by atoms with Gasteiger partial charge in [0, 0.05) is 11.3 Å². The van der Waals surface area contributed by atoms with Gasteiger partial charge in [-0.05, 0) is 23.8 Å². The van der Waals surface area contributed by atoms with Crippen LogP contribution in [0.25, 0.3) is 5.70 Å². The molecule has 0 aliphatic carbocycles. The lowest BCUT2D eigenvalue weighted by molar-refractivity contribution is 0.413. The van der Waals surface area contributed by atoms with Crippen molar-refractivity contribution in [3.63, 3.8) is 0 Å². The van der Waals surface area contributed by atoms with Crippen molar-refractivity contribution in [2.45, 2.75) is 5.66 Å². The molecule has 0 saturated heterocycles. The molecule has 5 nitrogen and oxygen atoms in total. The monoisotopic (exact) mass is 328 g/mol. The average Bonchev–Trinajstić information content (AvgIpc) is 2.55. The van der Waals surface area contributed by atoms with E-state index in [1.165, 1.54) is 0 Å². The van der Waals surface area contributed by atoms with Crippen LogP contribution in [0, 0.1) is 0 Å². The van der Waals surface area contributed by atoms with E-state index in [2.05, 4.69) is 10.3 Å². The maximum absolute atomic E-state index is 6.49. The molecule has 3 rings (SSSR count). The first kappa shape index (κ1) is 15.4. The summed E-state index contributed by atoms with van der Waals surface area (Å²) in [7, 11) is 1.56. The number of nitrogens with zero attached hydrogens (tertiary/aromatic N) is 1. The van der Waals surface area contributed by atoms with E-state index in [9.17, 15) is 0 Å². The molecule has 0 aromatic heterocycles. The van der Waals surface area contributed by atoms with E-state index in [4.69, 9.17) is 27.8 Å². The van der Waals surface area contributed by atoms with Gasteiger partial charge in [0.25, 0.3) is 0 Å². The van der Waals surface area contributed by atoms with Crippen LogP contribution in [0.5, 0.6) is 5.75 Å². The second-order valence-corrected chi connectivity index (χ2v) is 5.63. The number of guanidine groups is 1. The second kappa shape index (κ2) is 5.95. The molecule has 0 spiro atoms. The van der Waals surface area contributed by atoms with Crippen molar-refractivity contribution in [2.24, 2.45) is 16.5 Å². The summed E-state index contributed by atoms with van der Waals surface area (Å²) in [6, 6.07) is 15.1. The first-order chi connectivity index (χ1) is 11.0. The number of rotatable bonds is 3. The van der Waals surface area contributed by atoms with Crippen LogP contribution < -0.4 is 21.5 Å². The number of ether oxygens (including phenoxy) is 1.